The lowest BCUT2D eigenvalue weighted by atomic mass is 9.87. The summed E-state index contributed by atoms with van der Waals surface area (Å²) in [6, 6.07) is 14.0. The van der Waals surface area contributed by atoms with Crippen LogP contribution in [0.3, 0.4) is 0 Å². The molecule has 11 heteroatoms. The summed E-state index contributed by atoms with van der Waals surface area (Å²) in [6.07, 6.45) is 0.332. The number of sulfonamides is 1. The van der Waals surface area contributed by atoms with Crippen LogP contribution in [-0.4, -0.2) is 68.3 Å². The topological polar surface area (TPSA) is 125 Å². The minimum Gasteiger partial charge on any atom is -0.379 e. The minimum absolute atomic E-state index is 0.108. The predicted octanol–water partition coefficient (Wildman–Crippen LogP) is 1.50. The molecule has 0 radical (unpaired) electrons. The molecule has 180 valence electrons. The number of carbonyl (C=O) groups excluding carboxylic acids is 3. The fraction of sp³-hybridized carbons (Fsp3) is 0.348. The molecule has 4 rings (SSSR count). The van der Waals surface area contributed by atoms with E-state index in [2.05, 4.69) is 10.6 Å². The summed E-state index contributed by atoms with van der Waals surface area (Å²) in [4.78, 5) is 39.3. The molecule has 2 aliphatic heterocycles. The van der Waals surface area contributed by atoms with Gasteiger partial charge < -0.3 is 15.4 Å². The number of anilines is 1. The van der Waals surface area contributed by atoms with Crippen LogP contribution in [0.5, 0.6) is 0 Å². The Balaban J connectivity index is 1.43. The second-order valence-corrected chi connectivity index (χ2v) is 9.97. The molecule has 1 unspecified atom stereocenters. The molecule has 0 spiro atoms. The summed E-state index contributed by atoms with van der Waals surface area (Å²) < 4.78 is 32.0. The van der Waals surface area contributed by atoms with Crippen molar-refractivity contribution in [3.63, 3.8) is 0 Å². The van der Waals surface area contributed by atoms with Gasteiger partial charge in [0, 0.05) is 18.8 Å². The number of nitrogens with zero attached hydrogens (tertiary/aromatic N) is 2. The van der Waals surface area contributed by atoms with Crippen molar-refractivity contribution in [1.82, 2.24) is 14.5 Å². The highest BCUT2D eigenvalue weighted by Gasteiger charge is 2.51. The van der Waals surface area contributed by atoms with Crippen molar-refractivity contribution < 1.29 is 27.5 Å². The number of benzene rings is 2. The maximum atomic E-state index is 13.1. The fourth-order valence-corrected chi connectivity index (χ4v) is 5.53. The first-order chi connectivity index (χ1) is 16.3. The fourth-order valence-electron chi connectivity index (χ4n) is 4.12. The number of nitrogens with one attached hydrogen (secondary N) is 2. The van der Waals surface area contributed by atoms with E-state index in [1.54, 1.807) is 31.2 Å². The molecule has 2 heterocycles. The molecule has 0 saturated carbocycles. The lowest BCUT2D eigenvalue weighted by Crippen LogP contribution is -2.44. The monoisotopic (exact) mass is 486 g/mol. The lowest BCUT2D eigenvalue weighted by Gasteiger charge is -2.26. The van der Waals surface area contributed by atoms with Gasteiger partial charge in [-0.05, 0) is 36.2 Å². The number of morpholine rings is 1. The van der Waals surface area contributed by atoms with Crippen LogP contribution >= 0.6 is 0 Å². The number of imide groups is 1. The van der Waals surface area contributed by atoms with E-state index in [-0.39, 0.29) is 18.0 Å². The summed E-state index contributed by atoms with van der Waals surface area (Å²) in [5.74, 6) is -1.07. The summed E-state index contributed by atoms with van der Waals surface area (Å²) >= 11 is 0. The van der Waals surface area contributed by atoms with Crippen LogP contribution in [0.2, 0.25) is 0 Å². The normalized spacial score (nSPS) is 21.4. The van der Waals surface area contributed by atoms with Crippen LogP contribution in [0.15, 0.2) is 59.5 Å². The number of urea groups is 1. The average molecular weight is 487 g/mol. The quantitative estimate of drug-likeness (QED) is 0.572. The molecule has 2 saturated heterocycles. The highest BCUT2D eigenvalue weighted by atomic mass is 32.2. The van der Waals surface area contributed by atoms with Crippen LogP contribution in [0.4, 0.5) is 10.5 Å². The SMILES string of the molecule is CCC1(c2ccccc2)NC(=O)N(CC(=O)Nc2ccc(S(=O)(=O)N3CCOCC3)cc2)C1=O. The highest BCUT2D eigenvalue weighted by molar-refractivity contribution is 7.89. The van der Waals surface area contributed by atoms with Gasteiger partial charge in [-0.25, -0.2) is 13.2 Å². The van der Waals surface area contributed by atoms with Crippen molar-refractivity contribution in [1.29, 1.82) is 0 Å². The highest BCUT2D eigenvalue weighted by Crippen LogP contribution is 2.32. The van der Waals surface area contributed by atoms with Crippen LogP contribution in [0.1, 0.15) is 18.9 Å². The third-order valence-corrected chi connectivity index (χ3v) is 7.93. The first-order valence-electron chi connectivity index (χ1n) is 11.0. The van der Waals surface area contributed by atoms with Crippen LogP contribution in [-0.2, 0) is 29.9 Å². The maximum absolute atomic E-state index is 13.1. The number of carbonyl (C=O) groups is 3. The number of hydrogen-bond acceptors (Lipinski definition) is 6. The van der Waals surface area contributed by atoms with E-state index in [0.29, 0.717) is 30.9 Å². The molecule has 0 aromatic heterocycles. The van der Waals surface area contributed by atoms with Crippen molar-refractivity contribution in [2.24, 2.45) is 0 Å². The zero-order chi connectivity index (χ0) is 24.3. The van der Waals surface area contributed by atoms with Gasteiger partial charge in [-0.15, -0.1) is 0 Å². The maximum Gasteiger partial charge on any atom is 0.325 e. The Hall–Kier alpha value is -3.28. The third kappa shape index (κ3) is 4.41. The Bertz CT molecular complexity index is 1180. The summed E-state index contributed by atoms with van der Waals surface area (Å²) in [7, 11) is -3.65. The molecule has 2 aliphatic rings. The molecular formula is C23H26N4O6S. The second kappa shape index (κ2) is 9.53. The van der Waals surface area contributed by atoms with Crippen LogP contribution in [0.25, 0.3) is 0 Å². The zero-order valence-corrected chi connectivity index (χ0v) is 19.5. The molecule has 0 bridgehead atoms. The van der Waals surface area contributed by atoms with E-state index in [1.807, 2.05) is 6.07 Å². The molecule has 34 heavy (non-hydrogen) atoms. The molecule has 0 aliphatic carbocycles. The van der Waals surface area contributed by atoms with Crippen molar-refractivity contribution in [3.05, 3.63) is 60.2 Å². The predicted molar refractivity (Wildman–Crippen MR) is 123 cm³/mol. The summed E-state index contributed by atoms with van der Waals surface area (Å²) in [6.45, 7) is 2.60. The first-order valence-corrected chi connectivity index (χ1v) is 12.4. The minimum atomic E-state index is -3.65. The summed E-state index contributed by atoms with van der Waals surface area (Å²) in [5.41, 5.74) is -0.215. The molecular weight excluding hydrogens is 460 g/mol. The molecule has 4 amide bonds. The summed E-state index contributed by atoms with van der Waals surface area (Å²) in [5, 5.41) is 5.35. The van der Waals surface area contributed by atoms with Crippen molar-refractivity contribution in [2.45, 2.75) is 23.8 Å². The Kier molecular flexibility index (Phi) is 6.69. The Morgan fingerprint density at radius 2 is 1.71 bits per heavy atom. The van der Waals surface area contributed by atoms with Crippen molar-refractivity contribution in [2.75, 3.05) is 38.2 Å². The first kappa shape index (κ1) is 23.9. The van der Waals surface area contributed by atoms with Gasteiger partial charge >= 0.3 is 6.03 Å². The Morgan fingerprint density at radius 1 is 1.06 bits per heavy atom. The van der Waals surface area contributed by atoms with Gasteiger partial charge in [0.25, 0.3) is 5.91 Å². The van der Waals surface area contributed by atoms with E-state index in [4.69, 9.17) is 4.74 Å². The van der Waals surface area contributed by atoms with Crippen LogP contribution in [0, 0.1) is 0 Å². The molecule has 2 N–H and O–H groups in total. The van der Waals surface area contributed by atoms with Gasteiger partial charge in [-0.1, -0.05) is 37.3 Å². The van der Waals surface area contributed by atoms with E-state index >= 15 is 0 Å². The standard InChI is InChI=1S/C23H26N4O6S/c1-2-23(17-6-4-3-5-7-17)21(29)27(22(30)25-23)16-20(28)24-18-8-10-19(11-9-18)34(31,32)26-12-14-33-15-13-26/h3-11H,2,12-16H2,1H3,(H,24,28)(H,25,30). The zero-order valence-electron chi connectivity index (χ0n) is 18.7. The molecule has 2 fully saturated rings. The Morgan fingerprint density at radius 3 is 2.32 bits per heavy atom. The van der Waals surface area contributed by atoms with Gasteiger partial charge in [0.2, 0.25) is 15.9 Å². The molecule has 2 aromatic rings. The van der Waals surface area contributed by atoms with Gasteiger partial charge in [0.05, 0.1) is 18.1 Å². The molecule has 2 aromatic carbocycles. The van der Waals surface area contributed by atoms with Gasteiger partial charge in [-0.3, -0.25) is 14.5 Å². The largest absolute Gasteiger partial charge is 0.379 e. The van der Waals surface area contributed by atoms with E-state index in [0.717, 1.165) is 4.90 Å². The van der Waals surface area contributed by atoms with Crippen molar-refractivity contribution in [3.8, 4) is 0 Å². The van der Waals surface area contributed by atoms with E-state index < -0.39 is 40.0 Å². The number of amides is 4. The smallest absolute Gasteiger partial charge is 0.325 e. The lowest BCUT2D eigenvalue weighted by molar-refractivity contribution is -0.134. The average Bonchev–Trinajstić information content (AvgIpc) is 3.10. The van der Waals surface area contributed by atoms with E-state index in [9.17, 15) is 22.8 Å². The number of rotatable bonds is 7. The number of ether oxygens (including phenoxy) is 1. The second-order valence-electron chi connectivity index (χ2n) is 8.04. The third-order valence-electron chi connectivity index (χ3n) is 6.02. The van der Waals surface area contributed by atoms with Gasteiger partial charge in [-0.2, -0.15) is 4.31 Å². The van der Waals surface area contributed by atoms with Gasteiger partial charge in [0.1, 0.15) is 12.1 Å². The van der Waals surface area contributed by atoms with Crippen LogP contribution < -0.4 is 10.6 Å². The number of hydrogen-bond donors (Lipinski definition) is 2. The molecule has 10 nitrogen and oxygen atoms in total. The van der Waals surface area contributed by atoms with E-state index in [1.165, 1.54) is 28.6 Å². The molecule has 1 atom stereocenters. The van der Waals surface area contributed by atoms with Gasteiger partial charge in [0.15, 0.2) is 0 Å². The Labute approximate surface area is 197 Å². The van der Waals surface area contributed by atoms with Crippen molar-refractivity contribution >= 4 is 33.6 Å².